The number of esters is 1. The highest BCUT2D eigenvalue weighted by Gasteiger charge is 2.32. The van der Waals surface area contributed by atoms with Crippen molar-refractivity contribution in [2.75, 3.05) is 12.3 Å². The quantitative estimate of drug-likeness (QED) is 0.400. The number of hydrogen-bond acceptors (Lipinski definition) is 6. The van der Waals surface area contributed by atoms with Crippen LogP contribution in [0.3, 0.4) is 0 Å². The van der Waals surface area contributed by atoms with E-state index in [2.05, 4.69) is 10.4 Å². The van der Waals surface area contributed by atoms with Gasteiger partial charge in [-0.15, -0.1) is 0 Å². The third-order valence-electron chi connectivity index (χ3n) is 6.88. The summed E-state index contributed by atoms with van der Waals surface area (Å²) in [6.07, 6.45) is 2.92. The van der Waals surface area contributed by atoms with E-state index < -0.39 is 5.91 Å². The van der Waals surface area contributed by atoms with Crippen LogP contribution in [0.5, 0.6) is 0 Å². The lowest BCUT2D eigenvalue weighted by molar-refractivity contribution is -0.149. The fraction of sp³-hybridized carbons (Fsp3) is 0.357. The predicted molar refractivity (Wildman–Crippen MR) is 141 cm³/mol. The first-order valence-corrected chi connectivity index (χ1v) is 12.6. The molecule has 0 bridgehead atoms. The minimum Gasteiger partial charge on any atom is -0.466 e. The second-order valence-electron chi connectivity index (χ2n) is 9.38. The van der Waals surface area contributed by atoms with E-state index in [1.807, 2.05) is 49.4 Å². The Morgan fingerprint density at radius 1 is 1.11 bits per heavy atom. The minimum absolute atomic E-state index is 0.133. The summed E-state index contributed by atoms with van der Waals surface area (Å²) in [4.78, 5) is 37.2. The van der Waals surface area contributed by atoms with E-state index in [1.165, 1.54) is 0 Å². The molecule has 0 radical (unpaired) electrons. The van der Waals surface area contributed by atoms with Gasteiger partial charge in [-0.1, -0.05) is 48.9 Å². The number of nitrogens with two attached hydrogens (primary N) is 2. The van der Waals surface area contributed by atoms with Crippen molar-refractivity contribution in [3.63, 3.8) is 0 Å². The maximum atomic E-state index is 12.5. The van der Waals surface area contributed by atoms with E-state index in [-0.39, 0.29) is 35.2 Å². The van der Waals surface area contributed by atoms with Crippen LogP contribution in [0.4, 0.5) is 5.82 Å². The first-order chi connectivity index (χ1) is 17.8. The molecule has 37 heavy (non-hydrogen) atoms. The Kier molecular flexibility index (Phi) is 7.91. The lowest BCUT2D eigenvalue weighted by atomic mass is 9.86. The number of nitrogens with one attached hydrogen (secondary N) is 1. The summed E-state index contributed by atoms with van der Waals surface area (Å²) in [5.74, 6) is -1.04. The van der Waals surface area contributed by atoms with Crippen molar-refractivity contribution < 1.29 is 19.1 Å². The molecule has 0 spiro atoms. The molecule has 0 saturated heterocycles. The average molecular weight is 504 g/mol. The Balaban J connectivity index is 1.52. The van der Waals surface area contributed by atoms with Crippen molar-refractivity contribution in [2.24, 2.45) is 11.7 Å². The Hall–Kier alpha value is -4.14. The van der Waals surface area contributed by atoms with Crippen LogP contribution in [0.1, 0.15) is 70.5 Å². The Bertz CT molecular complexity index is 1300. The van der Waals surface area contributed by atoms with E-state index in [9.17, 15) is 14.4 Å². The zero-order chi connectivity index (χ0) is 26.5. The number of primary amides is 1. The molecule has 0 unspecified atom stereocenters. The van der Waals surface area contributed by atoms with Crippen molar-refractivity contribution >= 4 is 23.6 Å². The molecule has 9 nitrogen and oxygen atoms in total. The zero-order valence-electron chi connectivity index (χ0n) is 21.2. The van der Waals surface area contributed by atoms with Crippen LogP contribution in [0.2, 0.25) is 0 Å². The number of benzene rings is 2. The van der Waals surface area contributed by atoms with Gasteiger partial charge in [0.1, 0.15) is 17.1 Å². The van der Waals surface area contributed by atoms with Crippen LogP contribution in [0.15, 0.2) is 48.5 Å². The number of carbonyl (C=O) groups is 3. The lowest BCUT2D eigenvalue weighted by Gasteiger charge is -2.28. The molecule has 2 aromatic carbocycles. The highest BCUT2D eigenvalue weighted by Crippen LogP contribution is 2.37. The molecule has 194 valence electrons. The summed E-state index contributed by atoms with van der Waals surface area (Å²) < 4.78 is 6.84. The van der Waals surface area contributed by atoms with Gasteiger partial charge in [0.25, 0.3) is 11.8 Å². The van der Waals surface area contributed by atoms with E-state index in [0.717, 1.165) is 30.4 Å². The predicted octanol–water partition coefficient (Wildman–Crippen LogP) is 3.76. The minimum atomic E-state index is -0.661. The second kappa shape index (κ2) is 11.3. The van der Waals surface area contributed by atoms with Gasteiger partial charge < -0.3 is 21.5 Å². The first-order valence-electron chi connectivity index (χ1n) is 12.6. The summed E-state index contributed by atoms with van der Waals surface area (Å²) in [6.45, 7) is 4.38. The smallest absolute Gasteiger partial charge is 0.308 e. The number of rotatable bonds is 8. The first kappa shape index (κ1) is 25.9. The molecular weight excluding hydrogens is 470 g/mol. The molecule has 5 N–H and O–H groups in total. The van der Waals surface area contributed by atoms with E-state index in [1.54, 1.807) is 17.7 Å². The summed E-state index contributed by atoms with van der Waals surface area (Å²) in [6, 6.07) is 14.7. The molecule has 1 aromatic heterocycles. The number of anilines is 1. The number of aromatic nitrogens is 2. The molecule has 9 heteroatoms. The molecular formula is C28H33N5O4. The van der Waals surface area contributed by atoms with Crippen molar-refractivity contribution in [3.8, 4) is 11.3 Å². The van der Waals surface area contributed by atoms with Crippen molar-refractivity contribution in [2.45, 2.75) is 52.1 Å². The van der Waals surface area contributed by atoms with Gasteiger partial charge in [-0.25, -0.2) is 4.68 Å². The molecule has 3 aromatic rings. The molecule has 4 rings (SSSR count). The van der Waals surface area contributed by atoms with Gasteiger partial charge >= 0.3 is 5.97 Å². The third kappa shape index (κ3) is 5.66. The lowest BCUT2D eigenvalue weighted by Crippen LogP contribution is -2.27. The largest absolute Gasteiger partial charge is 0.466 e. The monoisotopic (exact) mass is 503 g/mol. The molecule has 1 heterocycles. The standard InChI is InChI=1S/C28H33N5O4/c1-3-37-28(36)20-8-6-9-21(15-20)33-25(29)23(26(30)34)24(32-33)19-13-11-18(12-14-19)16-31-27(35)22-10-5-4-7-17(22)2/h4-5,7,10-14,20-21H,3,6,8-9,15-16,29H2,1-2H3,(H2,30,34)(H,31,35)/t20-,21+/m1/s1. The van der Waals surface area contributed by atoms with Crippen LogP contribution >= 0.6 is 0 Å². The van der Waals surface area contributed by atoms with Gasteiger partial charge in [-0.3, -0.25) is 14.4 Å². The number of hydrogen-bond donors (Lipinski definition) is 3. The van der Waals surface area contributed by atoms with Crippen molar-refractivity contribution in [1.82, 2.24) is 15.1 Å². The zero-order valence-corrected chi connectivity index (χ0v) is 21.2. The molecule has 0 aliphatic heterocycles. The van der Waals surface area contributed by atoms with E-state index >= 15 is 0 Å². The van der Waals surface area contributed by atoms with Crippen molar-refractivity contribution in [3.05, 3.63) is 70.8 Å². The fourth-order valence-corrected chi connectivity index (χ4v) is 4.92. The number of aryl methyl sites for hydroxylation is 1. The normalized spacial score (nSPS) is 17.2. The van der Waals surface area contributed by atoms with Crippen LogP contribution in [0, 0.1) is 12.8 Å². The van der Waals surface area contributed by atoms with Gasteiger partial charge in [0.15, 0.2) is 0 Å². The maximum absolute atomic E-state index is 12.5. The molecule has 1 aliphatic carbocycles. The van der Waals surface area contributed by atoms with Crippen LogP contribution in [-0.2, 0) is 16.1 Å². The molecule has 2 atom stereocenters. The molecule has 1 aliphatic rings. The highest BCUT2D eigenvalue weighted by atomic mass is 16.5. The number of nitrogen functional groups attached to an aromatic ring is 1. The SMILES string of the molecule is CCOC(=O)[C@@H]1CCC[C@H](n2nc(-c3ccc(CNC(=O)c4ccccc4C)cc3)c(C(N)=O)c2N)C1. The number of carbonyl (C=O) groups excluding carboxylic acids is 3. The third-order valence-corrected chi connectivity index (χ3v) is 6.88. The van der Waals surface area contributed by atoms with E-state index in [4.69, 9.17) is 16.2 Å². The Morgan fingerprint density at radius 2 is 1.84 bits per heavy atom. The molecule has 2 amide bonds. The van der Waals surface area contributed by atoms with Gasteiger partial charge in [-0.2, -0.15) is 5.10 Å². The molecule has 1 fully saturated rings. The van der Waals surface area contributed by atoms with Crippen molar-refractivity contribution in [1.29, 1.82) is 0 Å². The van der Waals surface area contributed by atoms with Crippen LogP contribution in [0.25, 0.3) is 11.3 Å². The van der Waals surface area contributed by atoms with Gasteiger partial charge in [0.05, 0.1) is 18.6 Å². The van der Waals surface area contributed by atoms with Gasteiger partial charge in [0.2, 0.25) is 0 Å². The van der Waals surface area contributed by atoms with E-state index in [0.29, 0.717) is 36.4 Å². The summed E-state index contributed by atoms with van der Waals surface area (Å²) in [5, 5.41) is 7.62. The Labute approximate surface area is 216 Å². The fourth-order valence-electron chi connectivity index (χ4n) is 4.92. The van der Waals surface area contributed by atoms with Gasteiger partial charge in [0, 0.05) is 17.7 Å². The van der Waals surface area contributed by atoms with Crippen LogP contribution in [-0.4, -0.2) is 34.2 Å². The maximum Gasteiger partial charge on any atom is 0.308 e. The van der Waals surface area contributed by atoms with Gasteiger partial charge in [-0.05, 0) is 50.3 Å². The summed E-state index contributed by atoms with van der Waals surface area (Å²) >= 11 is 0. The topological polar surface area (TPSA) is 142 Å². The van der Waals surface area contributed by atoms with Crippen LogP contribution < -0.4 is 16.8 Å². The number of ether oxygens (including phenoxy) is 1. The summed E-state index contributed by atoms with van der Waals surface area (Å²) in [5.41, 5.74) is 15.8. The average Bonchev–Trinajstić information content (AvgIpc) is 3.25. The number of amides is 2. The molecule has 1 saturated carbocycles. The number of nitrogens with zero attached hydrogens (tertiary/aromatic N) is 2. The Morgan fingerprint density at radius 3 is 2.51 bits per heavy atom. The summed E-state index contributed by atoms with van der Waals surface area (Å²) in [7, 11) is 0. The second-order valence-corrected chi connectivity index (χ2v) is 9.38. The highest BCUT2D eigenvalue weighted by molar-refractivity contribution is 6.03.